The van der Waals surface area contributed by atoms with Gasteiger partial charge in [0.2, 0.25) is 0 Å². The molecule has 4 nitrogen and oxygen atoms in total. The summed E-state index contributed by atoms with van der Waals surface area (Å²) < 4.78 is 5.58. The number of hydrogen-bond donors (Lipinski definition) is 1. The molecule has 0 aliphatic rings. The van der Waals surface area contributed by atoms with Gasteiger partial charge in [0, 0.05) is 17.8 Å². The van der Waals surface area contributed by atoms with E-state index < -0.39 is 0 Å². The number of pyridine rings is 1. The van der Waals surface area contributed by atoms with Crippen molar-refractivity contribution in [1.29, 1.82) is 0 Å². The largest absolute Gasteiger partial charge is 0.492 e. The van der Waals surface area contributed by atoms with Gasteiger partial charge in [-0.1, -0.05) is 45.0 Å². The van der Waals surface area contributed by atoms with Gasteiger partial charge in [0.15, 0.2) is 0 Å². The molecule has 1 N–H and O–H groups in total. The highest BCUT2D eigenvalue weighted by molar-refractivity contribution is 6.13. The van der Waals surface area contributed by atoms with Crippen LogP contribution in [0.3, 0.4) is 0 Å². The molecule has 0 unspecified atom stereocenters. The number of amides is 1. The van der Waals surface area contributed by atoms with E-state index in [9.17, 15) is 4.79 Å². The van der Waals surface area contributed by atoms with Crippen molar-refractivity contribution in [3.05, 3.63) is 66.0 Å². The molecule has 4 heteroatoms. The van der Waals surface area contributed by atoms with Crippen molar-refractivity contribution in [3.63, 3.8) is 0 Å². The number of hydrogen-bond acceptors (Lipinski definition) is 3. The number of nitrogens with zero attached hydrogens (tertiary/aromatic N) is 1. The summed E-state index contributed by atoms with van der Waals surface area (Å²) >= 11 is 0. The smallest absolute Gasteiger partial charge is 0.257 e. The van der Waals surface area contributed by atoms with E-state index in [0.29, 0.717) is 23.6 Å². The molecule has 0 spiro atoms. The summed E-state index contributed by atoms with van der Waals surface area (Å²) in [5.74, 6) is 0.463. The number of ether oxygens (including phenoxy) is 1. The fourth-order valence-corrected chi connectivity index (χ4v) is 2.86. The molecule has 3 aromatic rings. The summed E-state index contributed by atoms with van der Waals surface area (Å²) in [4.78, 5) is 17.1. The first-order chi connectivity index (χ1) is 12.4. The van der Waals surface area contributed by atoms with Crippen LogP contribution in [0.4, 0.5) is 5.69 Å². The molecular weight excluding hydrogens is 324 g/mol. The Labute approximate surface area is 154 Å². The summed E-state index contributed by atoms with van der Waals surface area (Å²) in [6.45, 7) is 8.97. The quantitative estimate of drug-likeness (QED) is 0.706. The van der Waals surface area contributed by atoms with Gasteiger partial charge in [-0.05, 0) is 41.5 Å². The van der Waals surface area contributed by atoms with Crippen LogP contribution in [-0.4, -0.2) is 17.5 Å². The van der Waals surface area contributed by atoms with Crippen molar-refractivity contribution < 1.29 is 9.53 Å². The lowest BCUT2D eigenvalue weighted by atomic mass is 9.86. The normalized spacial score (nSPS) is 11.4. The van der Waals surface area contributed by atoms with Gasteiger partial charge < -0.3 is 10.1 Å². The molecule has 0 aliphatic carbocycles. The van der Waals surface area contributed by atoms with Crippen molar-refractivity contribution >= 4 is 22.4 Å². The Kier molecular flexibility index (Phi) is 4.94. The number of fused-ring (bicyclic) bond motifs is 1. The molecule has 0 radical (unpaired) electrons. The van der Waals surface area contributed by atoms with E-state index >= 15 is 0 Å². The molecule has 2 aromatic carbocycles. The zero-order valence-corrected chi connectivity index (χ0v) is 15.7. The lowest BCUT2D eigenvalue weighted by Crippen LogP contribution is -2.14. The minimum absolute atomic E-state index is 0.0445. The van der Waals surface area contributed by atoms with Crippen LogP contribution in [0.1, 0.15) is 43.6 Å². The van der Waals surface area contributed by atoms with E-state index in [4.69, 9.17) is 4.74 Å². The van der Waals surface area contributed by atoms with E-state index in [2.05, 4.69) is 43.2 Å². The molecule has 1 aromatic heterocycles. The van der Waals surface area contributed by atoms with Gasteiger partial charge in [0.05, 0.1) is 17.9 Å². The van der Waals surface area contributed by atoms with Crippen molar-refractivity contribution in [3.8, 4) is 5.75 Å². The van der Waals surface area contributed by atoms with Crippen LogP contribution in [0.15, 0.2) is 54.9 Å². The van der Waals surface area contributed by atoms with Gasteiger partial charge in [-0.15, -0.1) is 0 Å². The Bertz CT molecular complexity index is 942. The Morgan fingerprint density at radius 3 is 2.62 bits per heavy atom. The van der Waals surface area contributed by atoms with E-state index in [0.717, 1.165) is 10.8 Å². The van der Waals surface area contributed by atoms with Crippen molar-refractivity contribution in [2.75, 3.05) is 11.9 Å². The third-order valence-corrected chi connectivity index (χ3v) is 4.30. The maximum Gasteiger partial charge on any atom is 0.257 e. The average molecular weight is 348 g/mol. The molecule has 0 bridgehead atoms. The van der Waals surface area contributed by atoms with Gasteiger partial charge in [0.1, 0.15) is 5.75 Å². The zero-order valence-electron chi connectivity index (χ0n) is 15.7. The molecule has 0 saturated carbocycles. The fourth-order valence-electron chi connectivity index (χ4n) is 2.86. The second kappa shape index (κ2) is 7.16. The van der Waals surface area contributed by atoms with E-state index in [1.807, 2.05) is 37.3 Å². The Hall–Kier alpha value is -2.88. The summed E-state index contributed by atoms with van der Waals surface area (Å²) in [5.41, 5.74) is 2.46. The van der Waals surface area contributed by atoms with Crippen molar-refractivity contribution in [1.82, 2.24) is 4.98 Å². The molecule has 0 aliphatic heterocycles. The lowest BCUT2D eigenvalue weighted by molar-refractivity contribution is 0.102. The number of carbonyl (C=O) groups excluding carboxylic acids is 1. The minimum Gasteiger partial charge on any atom is -0.492 e. The molecule has 0 saturated heterocycles. The van der Waals surface area contributed by atoms with Crippen LogP contribution < -0.4 is 10.1 Å². The molecule has 1 amide bonds. The highest BCUT2D eigenvalue weighted by atomic mass is 16.5. The van der Waals surface area contributed by atoms with Crippen LogP contribution in [-0.2, 0) is 5.41 Å². The second-order valence-corrected chi connectivity index (χ2v) is 7.26. The molecule has 0 atom stereocenters. The number of carbonyl (C=O) groups is 1. The summed E-state index contributed by atoms with van der Waals surface area (Å²) in [5, 5.41) is 4.79. The number of rotatable bonds is 4. The highest BCUT2D eigenvalue weighted by Gasteiger charge is 2.17. The molecule has 0 fully saturated rings. The maximum absolute atomic E-state index is 12.9. The Balaban J connectivity index is 1.97. The summed E-state index contributed by atoms with van der Waals surface area (Å²) in [6.07, 6.45) is 3.41. The number of nitrogens with one attached hydrogen (secondary N) is 1. The van der Waals surface area contributed by atoms with Gasteiger partial charge in [-0.25, -0.2) is 0 Å². The molecular formula is C22H24N2O2. The van der Waals surface area contributed by atoms with Crippen molar-refractivity contribution in [2.45, 2.75) is 33.1 Å². The average Bonchev–Trinajstić information content (AvgIpc) is 2.61. The van der Waals surface area contributed by atoms with Crippen molar-refractivity contribution in [2.24, 2.45) is 0 Å². The number of para-hydroxylation sites is 2. The van der Waals surface area contributed by atoms with Gasteiger partial charge in [-0.2, -0.15) is 0 Å². The van der Waals surface area contributed by atoms with Crippen LogP contribution >= 0.6 is 0 Å². The van der Waals surface area contributed by atoms with Gasteiger partial charge >= 0.3 is 0 Å². The first-order valence-corrected chi connectivity index (χ1v) is 8.81. The molecule has 1 heterocycles. The van der Waals surface area contributed by atoms with Crippen LogP contribution in [0.2, 0.25) is 0 Å². The predicted molar refractivity (Wildman–Crippen MR) is 106 cm³/mol. The fraction of sp³-hybridized carbons (Fsp3) is 0.273. The van der Waals surface area contributed by atoms with Crippen LogP contribution in [0.25, 0.3) is 10.8 Å². The van der Waals surface area contributed by atoms with Gasteiger partial charge in [0.25, 0.3) is 5.91 Å². The molecule has 3 rings (SSSR count). The maximum atomic E-state index is 12.9. The SMILES string of the molecule is CCOc1ccccc1NC(=O)c1cncc2cc(C(C)(C)C)ccc12. The zero-order chi connectivity index (χ0) is 18.7. The van der Waals surface area contributed by atoms with E-state index in [-0.39, 0.29) is 11.3 Å². The molecule has 134 valence electrons. The lowest BCUT2D eigenvalue weighted by Gasteiger charge is -2.19. The third-order valence-electron chi connectivity index (χ3n) is 4.30. The standard InChI is InChI=1S/C22H24N2O2/c1-5-26-20-9-7-6-8-19(20)24-21(25)18-14-23-13-15-12-16(22(2,3)4)10-11-17(15)18/h6-14H,5H2,1-4H3,(H,24,25). The number of anilines is 1. The first-order valence-electron chi connectivity index (χ1n) is 8.81. The van der Waals surface area contributed by atoms with Crippen LogP contribution in [0, 0.1) is 0 Å². The summed E-state index contributed by atoms with van der Waals surface area (Å²) in [6, 6.07) is 13.6. The molecule has 26 heavy (non-hydrogen) atoms. The van der Waals surface area contributed by atoms with E-state index in [1.54, 1.807) is 12.4 Å². The second-order valence-electron chi connectivity index (χ2n) is 7.26. The first kappa shape index (κ1) is 17.9. The predicted octanol–water partition coefficient (Wildman–Crippen LogP) is 5.18. The Morgan fingerprint density at radius 1 is 1.12 bits per heavy atom. The highest BCUT2D eigenvalue weighted by Crippen LogP contribution is 2.28. The van der Waals surface area contributed by atoms with Gasteiger partial charge in [-0.3, -0.25) is 9.78 Å². The number of benzene rings is 2. The summed E-state index contributed by atoms with van der Waals surface area (Å²) in [7, 11) is 0. The third kappa shape index (κ3) is 3.69. The van der Waals surface area contributed by atoms with E-state index in [1.165, 1.54) is 5.56 Å². The monoisotopic (exact) mass is 348 g/mol. The topological polar surface area (TPSA) is 51.2 Å². The Morgan fingerprint density at radius 2 is 1.88 bits per heavy atom. The van der Waals surface area contributed by atoms with Crippen LogP contribution in [0.5, 0.6) is 5.75 Å². The minimum atomic E-state index is -0.196. The number of aromatic nitrogens is 1.